The Morgan fingerprint density at radius 1 is 1.33 bits per heavy atom. The lowest BCUT2D eigenvalue weighted by atomic mass is 10.3. The highest BCUT2D eigenvalue weighted by atomic mass is 35.5. The number of aromatic nitrogens is 2. The Hall–Kier alpha value is -1.01. The van der Waals surface area contributed by atoms with Crippen LogP contribution >= 0.6 is 34.8 Å². The predicted molar refractivity (Wildman–Crippen MR) is 84.2 cm³/mol. The first-order valence-electron chi connectivity index (χ1n) is 6.29. The minimum atomic E-state index is -0.499. The number of nitrogens with two attached hydrogens (primary N) is 1. The molecule has 0 aliphatic heterocycles. The molecule has 114 valence electrons. The summed E-state index contributed by atoms with van der Waals surface area (Å²) in [6.07, 6.45) is 0.612. The molecule has 0 fully saturated rings. The summed E-state index contributed by atoms with van der Waals surface area (Å²) in [6, 6.07) is 3.48. The van der Waals surface area contributed by atoms with E-state index in [0.717, 1.165) is 16.9 Å². The van der Waals surface area contributed by atoms with Gasteiger partial charge in [0.2, 0.25) is 5.91 Å². The standard InChI is InChI=1S/C13H14Cl3N3O2/c14-2-1-13-18-10-5-8(15)9(16)6-11(10)19(13)3-4-21-7-12(17)20/h5-6H,1-4,7H2,(H2,17,20). The summed E-state index contributed by atoms with van der Waals surface area (Å²) in [5, 5.41) is 0.914. The Labute approximate surface area is 136 Å². The van der Waals surface area contributed by atoms with E-state index in [1.165, 1.54) is 0 Å². The molecule has 1 aromatic heterocycles. The number of amides is 1. The minimum absolute atomic E-state index is 0.107. The number of carbonyl (C=O) groups is 1. The van der Waals surface area contributed by atoms with Gasteiger partial charge in [0.1, 0.15) is 12.4 Å². The Morgan fingerprint density at radius 2 is 2.05 bits per heavy atom. The third kappa shape index (κ3) is 4.01. The van der Waals surface area contributed by atoms with Crippen molar-refractivity contribution in [2.45, 2.75) is 13.0 Å². The van der Waals surface area contributed by atoms with Crippen molar-refractivity contribution < 1.29 is 9.53 Å². The number of hydrogen-bond acceptors (Lipinski definition) is 3. The molecule has 0 saturated carbocycles. The molecule has 0 aliphatic rings. The van der Waals surface area contributed by atoms with Gasteiger partial charge in [-0.05, 0) is 12.1 Å². The van der Waals surface area contributed by atoms with Crippen LogP contribution in [0.15, 0.2) is 12.1 Å². The first-order chi connectivity index (χ1) is 10.0. The van der Waals surface area contributed by atoms with Crippen molar-refractivity contribution in [1.82, 2.24) is 9.55 Å². The number of rotatable bonds is 7. The average Bonchev–Trinajstić information content (AvgIpc) is 2.73. The van der Waals surface area contributed by atoms with Gasteiger partial charge in [-0.15, -0.1) is 11.6 Å². The lowest BCUT2D eigenvalue weighted by molar-refractivity contribution is -0.122. The SMILES string of the molecule is NC(=O)COCCn1c(CCCl)nc2cc(Cl)c(Cl)cc21. The molecule has 0 unspecified atom stereocenters. The smallest absolute Gasteiger partial charge is 0.243 e. The van der Waals surface area contributed by atoms with Crippen LogP contribution in [0.1, 0.15) is 5.82 Å². The summed E-state index contributed by atoms with van der Waals surface area (Å²) in [5.41, 5.74) is 6.63. The number of halogens is 3. The summed E-state index contributed by atoms with van der Waals surface area (Å²) in [4.78, 5) is 15.2. The number of ether oxygens (including phenoxy) is 1. The Kier molecular flexibility index (Phi) is 5.70. The van der Waals surface area contributed by atoms with Gasteiger partial charge in [0, 0.05) is 18.8 Å². The highest BCUT2D eigenvalue weighted by Crippen LogP contribution is 2.28. The van der Waals surface area contributed by atoms with E-state index in [1.54, 1.807) is 12.1 Å². The second-order valence-electron chi connectivity index (χ2n) is 4.39. The molecule has 1 amide bonds. The van der Waals surface area contributed by atoms with Crippen molar-refractivity contribution in [3.8, 4) is 0 Å². The number of primary amides is 1. The van der Waals surface area contributed by atoms with E-state index in [1.807, 2.05) is 4.57 Å². The molecular weight excluding hydrogens is 337 g/mol. The normalized spacial score (nSPS) is 11.2. The molecule has 5 nitrogen and oxygen atoms in total. The van der Waals surface area contributed by atoms with Gasteiger partial charge < -0.3 is 15.0 Å². The van der Waals surface area contributed by atoms with Crippen LogP contribution in [0.4, 0.5) is 0 Å². The molecule has 0 atom stereocenters. The number of imidazole rings is 1. The molecule has 21 heavy (non-hydrogen) atoms. The van der Waals surface area contributed by atoms with Crippen molar-refractivity contribution >= 4 is 51.7 Å². The molecule has 0 aliphatic carbocycles. The fourth-order valence-corrected chi connectivity index (χ4v) is 2.51. The molecule has 2 rings (SSSR count). The van der Waals surface area contributed by atoms with E-state index in [4.69, 9.17) is 45.3 Å². The Bertz CT molecular complexity index is 658. The number of alkyl halides is 1. The van der Waals surface area contributed by atoms with Gasteiger partial charge >= 0.3 is 0 Å². The van der Waals surface area contributed by atoms with Crippen molar-refractivity contribution in [1.29, 1.82) is 0 Å². The molecule has 1 heterocycles. The highest BCUT2D eigenvalue weighted by Gasteiger charge is 2.12. The summed E-state index contributed by atoms with van der Waals surface area (Å²) in [6.45, 7) is 0.752. The van der Waals surface area contributed by atoms with Crippen LogP contribution in [-0.4, -0.2) is 34.6 Å². The fraction of sp³-hybridized carbons (Fsp3) is 0.385. The Balaban J connectivity index is 2.27. The number of carbonyl (C=O) groups excluding carboxylic acids is 1. The van der Waals surface area contributed by atoms with Crippen molar-refractivity contribution in [3.63, 3.8) is 0 Å². The lowest BCUT2D eigenvalue weighted by Crippen LogP contribution is -2.20. The fourth-order valence-electron chi connectivity index (χ4n) is 2.02. The van der Waals surface area contributed by atoms with Crippen LogP contribution in [0.5, 0.6) is 0 Å². The largest absolute Gasteiger partial charge is 0.370 e. The molecule has 0 radical (unpaired) electrons. The minimum Gasteiger partial charge on any atom is -0.370 e. The van der Waals surface area contributed by atoms with Crippen LogP contribution < -0.4 is 5.73 Å². The summed E-state index contributed by atoms with van der Waals surface area (Å²) in [5.74, 6) is 0.773. The zero-order valence-electron chi connectivity index (χ0n) is 11.1. The van der Waals surface area contributed by atoms with Crippen LogP contribution in [-0.2, 0) is 22.5 Å². The number of fused-ring (bicyclic) bond motifs is 1. The quantitative estimate of drug-likeness (QED) is 0.616. The van der Waals surface area contributed by atoms with Crippen molar-refractivity contribution in [2.24, 2.45) is 5.73 Å². The predicted octanol–water partition coefficient (Wildman–Crippen LogP) is 2.63. The van der Waals surface area contributed by atoms with Crippen molar-refractivity contribution in [2.75, 3.05) is 19.1 Å². The van der Waals surface area contributed by atoms with E-state index in [9.17, 15) is 4.79 Å². The highest BCUT2D eigenvalue weighted by molar-refractivity contribution is 6.42. The Morgan fingerprint density at radius 3 is 2.71 bits per heavy atom. The summed E-state index contributed by atoms with van der Waals surface area (Å²) in [7, 11) is 0. The number of nitrogens with zero attached hydrogens (tertiary/aromatic N) is 2. The van der Waals surface area contributed by atoms with Crippen LogP contribution in [0.25, 0.3) is 11.0 Å². The third-order valence-corrected chi connectivity index (χ3v) is 3.80. The van der Waals surface area contributed by atoms with Gasteiger partial charge in [0.15, 0.2) is 0 Å². The van der Waals surface area contributed by atoms with Gasteiger partial charge in [0.05, 0.1) is 27.7 Å². The van der Waals surface area contributed by atoms with E-state index >= 15 is 0 Å². The molecule has 0 saturated heterocycles. The maximum Gasteiger partial charge on any atom is 0.243 e. The number of hydrogen-bond donors (Lipinski definition) is 1. The van der Waals surface area contributed by atoms with E-state index < -0.39 is 5.91 Å². The van der Waals surface area contributed by atoms with Gasteiger partial charge in [-0.1, -0.05) is 23.2 Å². The molecule has 8 heteroatoms. The average molecular weight is 351 g/mol. The zero-order chi connectivity index (χ0) is 15.4. The topological polar surface area (TPSA) is 70.1 Å². The van der Waals surface area contributed by atoms with Gasteiger partial charge in [0.25, 0.3) is 0 Å². The molecule has 0 spiro atoms. The first-order valence-corrected chi connectivity index (χ1v) is 7.58. The first kappa shape index (κ1) is 16.4. The summed E-state index contributed by atoms with van der Waals surface area (Å²) < 4.78 is 7.15. The number of aryl methyl sites for hydroxylation is 1. The van der Waals surface area contributed by atoms with E-state index in [-0.39, 0.29) is 6.61 Å². The molecule has 0 bridgehead atoms. The van der Waals surface area contributed by atoms with E-state index in [0.29, 0.717) is 35.5 Å². The van der Waals surface area contributed by atoms with Crippen molar-refractivity contribution in [3.05, 3.63) is 28.0 Å². The van der Waals surface area contributed by atoms with Gasteiger partial charge in [-0.3, -0.25) is 4.79 Å². The maximum absolute atomic E-state index is 10.7. The van der Waals surface area contributed by atoms with Crippen LogP contribution in [0.2, 0.25) is 10.0 Å². The number of benzene rings is 1. The van der Waals surface area contributed by atoms with Crippen LogP contribution in [0.3, 0.4) is 0 Å². The van der Waals surface area contributed by atoms with E-state index in [2.05, 4.69) is 4.98 Å². The van der Waals surface area contributed by atoms with Gasteiger partial charge in [-0.2, -0.15) is 0 Å². The molecule has 1 aromatic carbocycles. The monoisotopic (exact) mass is 349 g/mol. The molecule has 2 N–H and O–H groups in total. The molecule has 2 aromatic rings. The summed E-state index contributed by atoms with van der Waals surface area (Å²) >= 11 is 17.9. The maximum atomic E-state index is 10.7. The second-order valence-corrected chi connectivity index (χ2v) is 5.58. The van der Waals surface area contributed by atoms with Gasteiger partial charge in [-0.25, -0.2) is 4.98 Å². The van der Waals surface area contributed by atoms with Crippen LogP contribution in [0, 0.1) is 0 Å². The third-order valence-electron chi connectivity index (χ3n) is 2.89. The zero-order valence-corrected chi connectivity index (χ0v) is 13.4. The lowest BCUT2D eigenvalue weighted by Gasteiger charge is -2.09. The second kappa shape index (κ2) is 7.31. The molecular formula is C13H14Cl3N3O2.